The number of aryl methyl sites for hydroxylation is 1. The fourth-order valence-corrected chi connectivity index (χ4v) is 2.87. The molecule has 1 aromatic carbocycles. The highest BCUT2D eigenvalue weighted by Crippen LogP contribution is 2.29. The molecule has 1 saturated heterocycles. The Morgan fingerprint density at radius 1 is 1.11 bits per heavy atom. The smallest absolute Gasteiger partial charge is 0.417 e. The molecule has 3 rings (SSSR count). The number of carbonyl (C=O) groups is 1. The maximum Gasteiger partial charge on any atom is 0.417 e. The van der Waals surface area contributed by atoms with Crippen molar-refractivity contribution in [2.45, 2.75) is 13.1 Å². The van der Waals surface area contributed by atoms with Crippen molar-refractivity contribution in [3.63, 3.8) is 0 Å². The number of benzene rings is 1. The van der Waals surface area contributed by atoms with Gasteiger partial charge in [0.15, 0.2) is 6.61 Å². The first-order chi connectivity index (χ1) is 12.8. The predicted molar refractivity (Wildman–Crippen MR) is 94.7 cm³/mol. The molecule has 27 heavy (non-hydrogen) atoms. The molecule has 0 atom stereocenters. The average Bonchev–Trinajstić information content (AvgIpc) is 2.67. The van der Waals surface area contributed by atoms with Crippen LogP contribution in [-0.2, 0) is 11.0 Å². The van der Waals surface area contributed by atoms with Crippen LogP contribution in [-0.4, -0.2) is 48.6 Å². The van der Waals surface area contributed by atoms with Gasteiger partial charge in [-0.15, -0.1) is 0 Å². The molecule has 1 aromatic heterocycles. The van der Waals surface area contributed by atoms with Crippen LogP contribution < -0.4 is 9.64 Å². The van der Waals surface area contributed by atoms with Crippen molar-refractivity contribution < 1.29 is 22.7 Å². The molecule has 0 spiro atoms. The first-order valence-corrected chi connectivity index (χ1v) is 8.59. The van der Waals surface area contributed by atoms with E-state index in [1.807, 2.05) is 36.1 Å². The number of anilines is 1. The van der Waals surface area contributed by atoms with Gasteiger partial charge in [0.1, 0.15) is 11.6 Å². The monoisotopic (exact) mass is 379 g/mol. The Morgan fingerprint density at radius 2 is 1.81 bits per heavy atom. The van der Waals surface area contributed by atoms with E-state index in [2.05, 4.69) is 4.98 Å². The average molecular weight is 379 g/mol. The molecule has 8 heteroatoms. The molecule has 2 heterocycles. The lowest BCUT2D eigenvalue weighted by atomic mass is 10.2. The van der Waals surface area contributed by atoms with E-state index in [1.165, 1.54) is 6.07 Å². The van der Waals surface area contributed by atoms with Crippen LogP contribution in [0, 0.1) is 6.92 Å². The summed E-state index contributed by atoms with van der Waals surface area (Å²) >= 11 is 0. The number of amides is 1. The van der Waals surface area contributed by atoms with Gasteiger partial charge < -0.3 is 14.5 Å². The van der Waals surface area contributed by atoms with Crippen molar-refractivity contribution in [3.05, 3.63) is 53.7 Å². The van der Waals surface area contributed by atoms with Gasteiger partial charge in [-0.1, -0.05) is 18.2 Å². The van der Waals surface area contributed by atoms with Gasteiger partial charge in [-0.3, -0.25) is 4.79 Å². The topological polar surface area (TPSA) is 45.7 Å². The molecule has 0 saturated carbocycles. The quantitative estimate of drug-likeness (QED) is 0.819. The molecule has 0 aliphatic carbocycles. The number of piperazine rings is 1. The summed E-state index contributed by atoms with van der Waals surface area (Å²) < 4.78 is 43.4. The SMILES string of the molecule is Cc1ccccc1OCC(=O)N1CCN(c2ccc(C(F)(F)F)cn2)CC1. The molecule has 0 unspecified atom stereocenters. The van der Waals surface area contributed by atoms with Crippen molar-refractivity contribution in [3.8, 4) is 5.75 Å². The van der Waals surface area contributed by atoms with Gasteiger partial charge in [0, 0.05) is 32.4 Å². The summed E-state index contributed by atoms with van der Waals surface area (Å²) in [5, 5.41) is 0. The summed E-state index contributed by atoms with van der Waals surface area (Å²) in [6.07, 6.45) is -3.56. The Balaban J connectivity index is 1.51. The van der Waals surface area contributed by atoms with E-state index in [0.717, 1.165) is 17.8 Å². The minimum absolute atomic E-state index is 0.0383. The fraction of sp³-hybridized carbons (Fsp3) is 0.368. The summed E-state index contributed by atoms with van der Waals surface area (Å²) in [5.74, 6) is 1.04. The lowest BCUT2D eigenvalue weighted by Crippen LogP contribution is -2.50. The third-order valence-corrected chi connectivity index (χ3v) is 4.48. The molecule has 0 radical (unpaired) electrons. The molecule has 0 bridgehead atoms. The summed E-state index contributed by atoms with van der Waals surface area (Å²) in [5.41, 5.74) is 0.192. The third-order valence-electron chi connectivity index (χ3n) is 4.48. The summed E-state index contributed by atoms with van der Waals surface area (Å²) in [6, 6.07) is 9.87. The molecular weight excluding hydrogens is 359 g/mol. The van der Waals surface area contributed by atoms with Gasteiger partial charge in [0.05, 0.1) is 5.56 Å². The van der Waals surface area contributed by atoms with Crippen LogP contribution in [0.2, 0.25) is 0 Å². The van der Waals surface area contributed by atoms with Gasteiger partial charge >= 0.3 is 6.18 Å². The largest absolute Gasteiger partial charge is 0.484 e. The fourth-order valence-electron chi connectivity index (χ4n) is 2.87. The Bertz CT molecular complexity index is 786. The van der Waals surface area contributed by atoms with Crippen LogP contribution in [0.1, 0.15) is 11.1 Å². The molecule has 1 fully saturated rings. The maximum atomic E-state index is 12.6. The van der Waals surface area contributed by atoms with Crippen LogP contribution >= 0.6 is 0 Å². The van der Waals surface area contributed by atoms with Crippen molar-refractivity contribution in [2.75, 3.05) is 37.7 Å². The minimum atomic E-state index is -4.40. The van der Waals surface area contributed by atoms with E-state index < -0.39 is 11.7 Å². The third kappa shape index (κ3) is 4.69. The zero-order chi connectivity index (χ0) is 19.4. The van der Waals surface area contributed by atoms with E-state index in [9.17, 15) is 18.0 Å². The second kappa shape index (κ2) is 7.85. The zero-order valence-corrected chi connectivity index (χ0v) is 14.9. The Morgan fingerprint density at radius 3 is 2.41 bits per heavy atom. The van der Waals surface area contributed by atoms with E-state index >= 15 is 0 Å². The highest BCUT2D eigenvalue weighted by Gasteiger charge is 2.31. The number of para-hydroxylation sites is 1. The number of halogens is 3. The lowest BCUT2D eigenvalue weighted by molar-refractivity contribution is -0.138. The van der Waals surface area contributed by atoms with Crippen LogP contribution in [0.3, 0.4) is 0 Å². The summed E-state index contributed by atoms with van der Waals surface area (Å²) in [7, 11) is 0. The number of carbonyl (C=O) groups excluding carboxylic acids is 1. The van der Waals surface area contributed by atoms with Crippen molar-refractivity contribution >= 4 is 11.7 Å². The minimum Gasteiger partial charge on any atom is -0.484 e. The van der Waals surface area contributed by atoms with Crippen LogP contribution in [0.4, 0.5) is 19.0 Å². The number of alkyl halides is 3. The number of ether oxygens (including phenoxy) is 1. The number of hydrogen-bond donors (Lipinski definition) is 0. The Hall–Kier alpha value is -2.77. The van der Waals surface area contributed by atoms with Gasteiger partial charge in [-0.05, 0) is 30.7 Å². The molecule has 2 aromatic rings. The van der Waals surface area contributed by atoms with Crippen LogP contribution in [0.15, 0.2) is 42.6 Å². The predicted octanol–water partition coefficient (Wildman–Crippen LogP) is 3.14. The standard InChI is InChI=1S/C19H20F3N3O2/c1-14-4-2-3-5-16(14)27-13-18(26)25-10-8-24(9-11-25)17-7-6-15(12-23-17)19(20,21)22/h2-7,12H,8-11,13H2,1H3. The molecule has 144 valence electrons. The van der Waals surface area contributed by atoms with E-state index in [-0.39, 0.29) is 12.5 Å². The van der Waals surface area contributed by atoms with E-state index in [0.29, 0.717) is 37.7 Å². The highest BCUT2D eigenvalue weighted by molar-refractivity contribution is 5.78. The summed E-state index contributed by atoms with van der Waals surface area (Å²) in [4.78, 5) is 19.8. The van der Waals surface area contributed by atoms with Crippen molar-refractivity contribution in [1.29, 1.82) is 0 Å². The van der Waals surface area contributed by atoms with E-state index in [4.69, 9.17) is 4.74 Å². The maximum absolute atomic E-state index is 12.6. The van der Waals surface area contributed by atoms with Gasteiger partial charge in [0.25, 0.3) is 5.91 Å². The first kappa shape index (κ1) is 19.0. The molecule has 0 N–H and O–H groups in total. The Labute approximate surface area is 155 Å². The van der Waals surface area contributed by atoms with Crippen molar-refractivity contribution in [1.82, 2.24) is 9.88 Å². The summed E-state index contributed by atoms with van der Waals surface area (Å²) in [6.45, 7) is 3.83. The first-order valence-electron chi connectivity index (χ1n) is 8.59. The Kier molecular flexibility index (Phi) is 5.53. The number of hydrogen-bond acceptors (Lipinski definition) is 4. The normalized spacial score (nSPS) is 15.0. The highest BCUT2D eigenvalue weighted by atomic mass is 19.4. The lowest BCUT2D eigenvalue weighted by Gasteiger charge is -2.35. The van der Waals surface area contributed by atoms with Crippen LogP contribution in [0.5, 0.6) is 5.75 Å². The van der Waals surface area contributed by atoms with Crippen molar-refractivity contribution in [2.24, 2.45) is 0 Å². The second-order valence-corrected chi connectivity index (χ2v) is 6.32. The number of rotatable bonds is 4. The van der Waals surface area contributed by atoms with Gasteiger partial charge in [0.2, 0.25) is 0 Å². The molecule has 5 nitrogen and oxygen atoms in total. The number of aromatic nitrogens is 1. The van der Waals surface area contributed by atoms with Gasteiger partial charge in [-0.25, -0.2) is 4.98 Å². The molecule has 1 aliphatic heterocycles. The molecular formula is C19H20F3N3O2. The number of nitrogens with zero attached hydrogens (tertiary/aromatic N) is 3. The van der Waals surface area contributed by atoms with E-state index in [1.54, 1.807) is 4.90 Å². The molecule has 1 aliphatic rings. The van der Waals surface area contributed by atoms with Crippen LogP contribution in [0.25, 0.3) is 0 Å². The number of pyridine rings is 1. The molecule has 1 amide bonds. The second-order valence-electron chi connectivity index (χ2n) is 6.32. The zero-order valence-electron chi connectivity index (χ0n) is 14.9. The van der Waals surface area contributed by atoms with Gasteiger partial charge in [-0.2, -0.15) is 13.2 Å².